The van der Waals surface area contributed by atoms with Crippen molar-refractivity contribution in [1.82, 2.24) is 19.8 Å². The van der Waals surface area contributed by atoms with Crippen LogP contribution in [0.25, 0.3) is 26.9 Å². The van der Waals surface area contributed by atoms with Gasteiger partial charge in [0.05, 0.1) is 0 Å². The fourth-order valence-electron chi connectivity index (χ4n) is 2.82. The first-order chi connectivity index (χ1) is 14.2. The highest BCUT2D eigenvalue weighted by Gasteiger charge is 2.13. The summed E-state index contributed by atoms with van der Waals surface area (Å²) in [5.74, 6) is 0.471. The fourth-order valence-corrected chi connectivity index (χ4v) is 3.84. The smallest absolute Gasteiger partial charge is 0.291 e. The maximum atomic E-state index is 12.5. The summed E-state index contributed by atoms with van der Waals surface area (Å²) in [4.78, 5) is 13.2. The van der Waals surface area contributed by atoms with E-state index in [4.69, 9.17) is 16.0 Å². The summed E-state index contributed by atoms with van der Waals surface area (Å²) in [5, 5.41) is 16.5. The molecule has 1 amide bonds. The molecule has 1 N–H and O–H groups in total. The molecule has 3 heterocycles. The average Bonchev–Trinajstić information content (AvgIpc) is 3.45. The zero-order chi connectivity index (χ0) is 19.8. The highest BCUT2D eigenvalue weighted by atomic mass is 35.5. The number of anilines is 1. The molecular formula is C20H12ClN5O2S. The number of aromatic nitrogens is 4. The van der Waals surface area contributed by atoms with Crippen LogP contribution in [0.4, 0.5) is 5.69 Å². The van der Waals surface area contributed by atoms with Crippen molar-refractivity contribution in [3.05, 3.63) is 77.8 Å². The van der Waals surface area contributed by atoms with Gasteiger partial charge in [0, 0.05) is 21.8 Å². The van der Waals surface area contributed by atoms with E-state index < -0.39 is 0 Å². The highest BCUT2D eigenvalue weighted by Crippen LogP contribution is 2.27. The summed E-state index contributed by atoms with van der Waals surface area (Å²) < 4.78 is 7.31. The van der Waals surface area contributed by atoms with E-state index in [0.29, 0.717) is 16.5 Å². The fraction of sp³-hybridized carbons (Fsp3) is 0. The number of hydrogen-bond acceptors (Lipinski definition) is 6. The minimum absolute atomic E-state index is 0.220. The molecule has 2 aromatic carbocycles. The first-order valence-corrected chi connectivity index (χ1v) is 9.79. The van der Waals surface area contributed by atoms with Crippen LogP contribution in [-0.2, 0) is 0 Å². The molecule has 5 aromatic rings. The summed E-state index contributed by atoms with van der Waals surface area (Å²) in [6, 6.07) is 18.1. The van der Waals surface area contributed by atoms with Gasteiger partial charge in [0.2, 0.25) is 4.96 Å². The number of nitrogens with one attached hydrogen (secondary N) is 1. The largest absolute Gasteiger partial charge is 0.451 e. The summed E-state index contributed by atoms with van der Waals surface area (Å²) in [6.45, 7) is 0. The van der Waals surface area contributed by atoms with Gasteiger partial charge >= 0.3 is 0 Å². The third kappa shape index (κ3) is 3.51. The van der Waals surface area contributed by atoms with Crippen LogP contribution in [0.1, 0.15) is 10.6 Å². The molecule has 142 valence electrons. The summed E-state index contributed by atoms with van der Waals surface area (Å²) in [7, 11) is 0. The highest BCUT2D eigenvalue weighted by molar-refractivity contribution is 7.19. The quantitative estimate of drug-likeness (QED) is 0.440. The molecule has 0 unspecified atom stereocenters. The number of amides is 1. The lowest BCUT2D eigenvalue weighted by atomic mass is 10.2. The number of rotatable bonds is 4. The van der Waals surface area contributed by atoms with E-state index in [9.17, 15) is 4.79 Å². The molecule has 0 spiro atoms. The van der Waals surface area contributed by atoms with Gasteiger partial charge in [0.15, 0.2) is 5.76 Å². The Morgan fingerprint density at radius 2 is 1.93 bits per heavy atom. The lowest BCUT2D eigenvalue weighted by Gasteiger charge is -2.04. The van der Waals surface area contributed by atoms with Crippen molar-refractivity contribution >= 4 is 39.5 Å². The second kappa shape index (κ2) is 7.16. The van der Waals surface area contributed by atoms with Crippen LogP contribution < -0.4 is 5.32 Å². The van der Waals surface area contributed by atoms with E-state index >= 15 is 0 Å². The minimum atomic E-state index is -0.329. The molecule has 5 rings (SSSR count). The van der Waals surface area contributed by atoms with Gasteiger partial charge in [0.1, 0.15) is 17.1 Å². The Labute approximate surface area is 173 Å². The number of benzene rings is 2. The Morgan fingerprint density at radius 3 is 2.72 bits per heavy atom. The third-order valence-corrected chi connectivity index (χ3v) is 5.41. The molecule has 0 saturated carbocycles. The zero-order valence-electron chi connectivity index (χ0n) is 14.7. The summed E-state index contributed by atoms with van der Waals surface area (Å²) >= 11 is 7.45. The van der Waals surface area contributed by atoms with Crippen molar-refractivity contribution in [2.45, 2.75) is 0 Å². The number of nitrogens with zero attached hydrogens (tertiary/aromatic N) is 4. The Kier molecular flexibility index (Phi) is 4.34. The lowest BCUT2D eigenvalue weighted by molar-refractivity contribution is 0.0997. The van der Waals surface area contributed by atoms with Crippen molar-refractivity contribution in [1.29, 1.82) is 0 Å². The zero-order valence-corrected chi connectivity index (χ0v) is 16.3. The molecule has 0 aliphatic rings. The van der Waals surface area contributed by atoms with E-state index in [1.54, 1.807) is 35.1 Å². The van der Waals surface area contributed by atoms with Gasteiger partial charge in [-0.15, -0.1) is 10.2 Å². The van der Waals surface area contributed by atoms with Crippen LogP contribution >= 0.6 is 22.9 Å². The van der Waals surface area contributed by atoms with Crippen molar-refractivity contribution in [2.75, 3.05) is 5.32 Å². The third-order valence-electron chi connectivity index (χ3n) is 4.22. The molecule has 7 nitrogen and oxygen atoms in total. The minimum Gasteiger partial charge on any atom is -0.451 e. The molecule has 0 radical (unpaired) electrons. The SMILES string of the molecule is O=C(Nc1ccc(-c2nn3cnnc3s2)cc1)c1ccc(-c2cccc(Cl)c2)o1. The van der Waals surface area contributed by atoms with E-state index in [1.807, 2.05) is 36.4 Å². The molecule has 0 bridgehead atoms. The molecule has 0 saturated heterocycles. The van der Waals surface area contributed by atoms with Gasteiger partial charge in [-0.05, 0) is 48.5 Å². The van der Waals surface area contributed by atoms with Crippen LogP contribution in [-0.4, -0.2) is 25.7 Å². The Hall–Kier alpha value is -3.49. The molecule has 0 aliphatic heterocycles. The average molecular weight is 422 g/mol. The van der Waals surface area contributed by atoms with Gasteiger partial charge in [-0.25, -0.2) is 0 Å². The number of furan rings is 1. The second-order valence-corrected chi connectivity index (χ2v) is 7.56. The standard InChI is InChI=1S/C20H12ClN5O2S/c21-14-3-1-2-13(10-14)16-8-9-17(28-16)18(27)23-15-6-4-12(5-7-15)19-25-26-11-22-24-20(26)29-19/h1-11H,(H,23,27). The van der Waals surface area contributed by atoms with Crippen LogP contribution in [0.3, 0.4) is 0 Å². The maximum Gasteiger partial charge on any atom is 0.291 e. The van der Waals surface area contributed by atoms with Gasteiger partial charge in [-0.3, -0.25) is 4.79 Å². The normalized spacial score (nSPS) is 11.1. The molecule has 29 heavy (non-hydrogen) atoms. The van der Waals surface area contributed by atoms with Crippen molar-refractivity contribution < 1.29 is 9.21 Å². The van der Waals surface area contributed by atoms with Crippen LogP contribution in [0.15, 0.2) is 71.4 Å². The molecule has 0 fully saturated rings. The van der Waals surface area contributed by atoms with Crippen LogP contribution in [0.2, 0.25) is 5.02 Å². The van der Waals surface area contributed by atoms with Gasteiger partial charge in [0.25, 0.3) is 5.91 Å². The molecule has 0 aliphatic carbocycles. The number of carbonyl (C=O) groups excluding carboxylic acids is 1. The predicted octanol–water partition coefficient (Wildman–Crippen LogP) is 5.02. The lowest BCUT2D eigenvalue weighted by Crippen LogP contribution is -2.10. The predicted molar refractivity (Wildman–Crippen MR) is 111 cm³/mol. The Balaban J connectivity index is 1.31. The van der Waals surface area contributed by atoms with Gasteiger partial charge < -0.3 is 9.73 Å². The van der Waals surface area contributed by atoms with E-state index in [0.717, 1.165) is 21.1 Å². The molecule has 3 aromatic heterocycles. The molecule has 9 heteroatoms. The second-order valence-electron chi connectivity index (χ2n) is 6.17. The van der Waals surface area contributed by atoms with Crippen molar-refractivity contribution in [2.24, 2.45) is 0 Å². The van der Waals surface area contributed by atoms with Crippen LogP contribution in [0, 0.1) is 0 Å². The maximum absolute atomic E-state index is 12.5. The van der Waals surface area contributed by atoms with Crippen LogP contribution in [0.5, 0.6) is 0 Å². The number of carbonyl (C=O) groups is 1. The molecular weight excluding hydrogens is 410 g/mol. The van der Waals surface area contributed by atoms with E-state index in [1.165, 1.54) is 11.3 Å². The van der Waals surface area contributed by atoms with Gasteiger partial charge in [-0.2, -0.15) is 9.61 Å². The topological polar surface area (TPSA) is 85.3 Å². The monoisotopic (exact) mass is 421 g/mol. The Bertz CT molecular complexity index is 1290. The van der Waals surface area contributed by atoms with Crippen molar-refractivity contribution in [3.8, 4) is 21.9 Å². The Morgan fingerprint density at radius 1 is 1.07 bits per heavy atom. The summed E-state index contributed by atoms with van der Waals surface area (Å²) in [6.07, 6.45) is 1.56. The van der Waals surface area contributed by atoms with E-state index in [2.05, 4.69) is 20.6 Å². The van der Waals surface area contributed by atoms with Gasteiger partial charge in [-0.1, -0.05) is 35.1 Å². The van der Waals surface area contributed by atoms with Crippen molar-refractivity contribution in [3.63, 3.8) is 0 Å². The van der Waals surface area contributed by atoms with E-state index in [-0.39, 0.29) is 11.7 Å². The first-order valence-electron chi connectivity index (χ1n) is 8.60. The molecule has 0 atom stereocenters. The number of fused-ring (bicyclic) bond motifs is 1. The summed E-state index contributed by atoms with van der Waals surface area (Å²) in [5.41, 5.74) is 2.40. The number of halogens is 1. The number of hydrogen-bond donors (Lipinski definition) is 1. The first kappa shape index (κ1) is 17.6.